The first-order valence-corrected chi connectivity index (χ1v) is 26.1. The molecule has 230 valence electrons. The maximum Gasteiger partial charge on any atom is 0.185 e. The number of oxime groups is 1. The fourth-order valence-corrected chi connectivity index (χ4v) is 12.7. The van der Waals surface area contributed by atoms with E-state index in [9.17, 15) is 4.79 Å². The summed E-state index contributed by atoms with van der Waals surface area (Å²) in [4.78, 5) is 20.0. The predicted octanol–water partition coefficient (Wildman–Crippen LogP) is 7.87. The number of ketones is 1. The van der Waals surface area contributed by atoms with Crippen LogP contribution in [0.4, 0.5) is 0 Å². The lowest BCUT2D eigenvalue weighted by Crippen LogP contribution is -2.64. The van der Waals surface area contributed by atoms with Gasteiger partial charge in [-0.1, -0.05) is 19.0 Å². The Balaban J connectivity index is 1.68. The van der Waals surface area contributed by atoms with Crippen molar-refractivity contribution in [3.05, 3.63) is 0 Å². The smallest absolute Gasteiger partial charge is 0.185 e. The van der Waals surface area contributed by atoms with Crippen molar-refractivity contribution in [2.45, 2.75) is 136 Å². The van der Waals surface area contributed by atoms with E-state index >= 15 is 0 Å². The number of Topliss-reactive ketones (excluding diaryl/α,β-unsaturated/α-hetero) is 1. The SMILES string of the molecule is CO/N=C(\CO[Si](C)(C)C)[C@@]1(O[Si](C)(C)C)CC[C@H]2[C@@H]3CC[C@H]4C[C@H](O[Si](C)(C)C)CC[C@]4(C)[C@H]3C(=O)C[C@@]21C. The Morgan fingerprint density at radius 2 is 1.57 bits per heavy atom. The lowest BCUT2D eigenvalue weighted by molar-refractivity contribution is -0.166. The van der Waals surface area contributed by atoms with Crippen LogP contribution < -0.4 is 0 Å². The highest BCUT2D eigenvalue weighted by molar-refractivity contribution is 6.70. The van der Waals surface area contributed by atoms with E-state index in [1.54, 1.807) is 7.11 Å². The van der Waals surface area contributed by atoms with E-state index < -0.39 is 30.6 Å². The summed E-state index contributed by atoms with van der Waals surface area (Å²) in [5, 5.41) is 4.64. The molecule has 40 heavy (non-hydrogen) atoms. The first-order chi connectivity index (χ1) is 18.2. The van der Waals surface area contributed by atoms with Crippen molar-refractivity contribution in [2.24, 2.45) is 39.7 Å². The molecule has 6 nitrogen and oxygen atoms in total. The van der Waals surface area contributed by atoms with Gasteiger partial charge in [-0.15, -0.1) is 0 Å². The topological polar surface area (TPSA) is 66.3 Å². The number of carbonyl (C=O) groups is 1. The van der Waals surface area contributed by atoms with Gasteiger partial charge < -0.3 is 18.1 Å². The molecule has 4 fully saturated rings. The van der Waals surface area contributed by atoms with Gasteiger partial charge in [0.15, 0.2) is 25.0 Å². The molecule has 4 aliphatic carbocycles. The van der Waals surface area contributed by atoms with Gasteiger partial charge in [0.1, 0.15) is 24.2 Å². The van der Waals surface area contributed by atoms with Crippen LogP contribution in [-0.2, 0) is 22.9 Å². The lowest BCUT2D eigenvalue weighted by atomic mass is 9.44. The van der Waals surface area contributed by atoms with E-state index in [-0.39, 0.29) is 16.7 Å². The molecule has 0 aromatic rings. The van der Waals surface area contributed by atoms with Crippen molar-refractivity contribution in [3.63, 3.8) is 0 Å². The standard InChI is InChI=1S/C31H59NO5Si3/c1-29-17-15-23(36-39(7,8)9)19-22(29)13-14-24-25-16-18-31(37-40(10,11)12,30(25,2)20-26(33)28(24)29)27(32-34-3)21-35-38(4,5)6/h22-25,28H,13-21H2,1-12H3/b32-27+/t22-,23+,24-,25-,28+,29-,30-,31-/m0/s1. The molecule has 0 N–H and O–H groups in total. The average Bonchev–Trinajstić information content (AvgIpc) is 3.05. The molecule has 0 heterocycles. The number of hydrogen-bond acceptors (Lipinski definition) is 6. The fraction of sp³-hybridized carbons (Fsp3) is 0.935. The highest BCUT2D eigenvalue weighted by Crippen LogP contribution is 2.68. The van der Waals surface area contributed by atoms with Crippen LogP contribution in [0.5, 0.6) is 0 Å². The van der Waals surface area contributed by atoms with E-state index in [1.807, 2.05) is 0 Å². The third-order valence-electron chi connectivity index (χ3n) is 10.7. The summed E-state index contributed by atoms with van der Waals surface area (Å²) < 4.78 is 20.3. The second kappa shape index (κ2) is 11.0. The molecule has 0 aromatic carbocycles. The molecule has 0 aliphatic heterocycles. The zero-order valence-electron chi connectivity index (χ0n) is 27.7. The lowest BCUT2D eigenvalue weighted by Gasteiger charge is -2.61. The van der Waals surface area contributed by atoms with Crippen LogP contribution in [-0.4, -0.2) is 61.9 Å². The highest BCUT2D eigenvalue weighted by Gasteiger charge is 2.70. The molecule has 0 amide bonds. The van der Waals surface area contributed by atoms with Gasteiger partial charge in [-0.2, -0.15) is 0 Å². The molecule has 4 aliphatic rings. The zero-order valence-corrected chi connectivity index (χ0v) is 30.7. The summed E-state index contributed by atoms with van der Waals surface area (Å²) in [5.74, 6) is 2.05. The average molecular weight is 610 g/mol. The minimum absolute atomic E-state index is 0.0793. The third-order valence-corrected chi connectivity index (χ3v) is 13.7. The number of rotatable bonds is 9. The van der Waals surface area contributed by atoms with Gasteiger partial charge in [0, 0.05) is 23.9 Å². The van der Waals surface area contributed by atoms with Crippen LogP contribution in [0.1, 0.15) is 65.2 Å². The monoisotopic (exact) mass is 609 g/mol. The molecule has 0 unspecified atom stereocenters. The second-order valence-electron chi connectivity index (χ2n) is 16.9. The van der Waals surface area contributed by atoms with Crippen LogP contribution in [0, 0.1) is 34.5 Å². The number of nitrogens with zero attached hydrogens (tertiary/aromatic N) is 1. The minimum Gasteiger partial charge on any atom is -0.415 e. The van der Waals surface area contributed by atoms with Crippen LogP contribution in [0.2, 0.25) is 58.9 Å². The van der Waals surface area contributed by atoms with Gasteiger partial charge in [-0.05, 0) is 127 Å². The molecule has 8 atom stereocenters. The van der Waals surface area contributed by atoms with Gasteiger partial charge >= 0.3 is 0 Å². The van der Waals surface area contributed by atoms with Gasteiger partial charge in [0.25, 0.3) is 0 Å². The summed E-state index contributed by atoms with van der Waals surface area (Å²) in [6, 6.07) is 0. The largest absolute Gasteiger partial charge is 0.415 e. The quantitative estimate of drug-likeness (QED) is 0.151. The van der Waals surface area contributed by atoms with Crippen molar-refractivity contribution in [1.82, 2.24) is 0 Å². The van der Waals surface area contributed by atoms with Gasteiger partial charge in [0.2, 0.25) is 0 Å². The van der Waals surface area contributed by atoms with E-state index in [0.29, 0.717) is 42.7 Å². The summed E-state index contributed by atoms with van der Waals surface area (Å²) in [5.41, 5.74) is 0.00195. The van der Waals surface area contributed by atoms with Crippen molar-refractivity contribution in [3.8, 4) is 0 Å². The Kier molecular flexibility index (Phi) is 8.95. The summed E-state index contributed by atoms with van der Waals surface area (Å²) >= 11 is 0. The number of carbonyl (C=O) groups excluding carboxylic acids is 1. The van der Waals surface area contributed by atoms with Gasteiger partial charge in [-0.25, -0.2) is 0 Å². The minimum atomic E-state index is -2.02. The molecule has 0 aromatic heterocycles. The second-order valence-corrected chi connectivity index (χ2v) is 30.3. The molecule has 0 spiro atoms. The van der Waals surface area contributed by atoms with E-state index in [4.69, 9.17) is 18.1 Å². The van der Waals surface area contributed by atoms with Crippen molar-refractivity contribution in [1.29, 1.82) is 0 Å². The van der Waals surface area contributed by atoms with Crippen molar-refractivity contribution in [2.75, 3.05) is 13.7 Å². The Hall–Kier alpha value is -0.329. The van der Waals surface area contributed by atoms with Gasteiger partial charge in [0.05, 0.1) is 6.61 Å². The summed E-state index contributed by atoms with van der Waals surface area (Å²) in [6.07, 6.45) is 8.58. The van der Waals surface area contributed by atoms with Gasteiger partial charge in [-0.3, -0.25) is 4.79 Å². The van der Waals surface area contributed by atoms with Crippen LogP contribution in [0.25, 0.3) is 0 Å². The third kappa shape index (κ3) is 6.16. The first-order valence-electron chi connectivity index (χ1n) is 15.9. The zero-order chi connectivity index (χ0) is 29.9. The van der Waals surface area contributed by atoms with E-state index in [1.165, 1.54) is 6.42 Å². The maximum atomic E-state index is 14.5. The highest BCUT2D eigenvalue weighted by atomic mass is 28.4. The van der Waals surface area contributed by atoms with Crippen molar-refractivity contribution >= 4 is 36.4 Å². The molecule has 0 saturated heterocycles. The Morgan fingerprint density at radius 3 is 2.15 bits per heavy atom. The first kappa shape index (κ1) is 32.6. The van der Waals surface area contributed by atoms with Crippen LogP contribution in [0.15, 0.2) is 5.16 Å². The molecular weight excluding hydrogens is 551 g/mol. The van der Waals surface area contributed by atoms with Crippen LogP contribution in [0.3, 0.4) is 0 Å². The predicted molar refractivity (Wildman–Crippen MR) is 171 cm³/mol. The molecule has 4 saturated carbocycles. The summed E-state index contributed by atoms with van der Waals surface area (Å²) in [6.45, 7) is 25.5. The fourth-order valence-electron chi connectivity index (χ4n) is 9.46. The molecule has 9 heteroatoms. The summed E-state index contributed by atoms with van der Waals surface area (Å²) in [7, 11) is -3.79. The maximum absolute atomic E-state index is 14.5. The van der Waals surface area contributed by atoms with E-state index in [2.05, 4.69) is 77.9 Å². The molecular formula is C31H59NO5Si3. The van der Waals surface area contributed by atoms with Crippen LogP contribution >= 0.6 is 0 Å². The van der Waals surface area contributed by atoms with E-state index in [0.717, 1.165) is 44.2 Å². The molecule has 0 radical (unpaired) electrons. The Labute approximate surface area is 248 Å². The normalized spacial score (nSPS) is 40.9. The van der Waals surface area contributed by atoms with Crippen molar-refractivity contribution < 1.29 is 22.9 Å². The molecule has 0 bridgehead atoms. The Bertz CT molecular complexity index is 985. The molecule has 4 rings (SSSR count). The number of fused-ring (bicyclic) bond motifs is 5. The number of hydrogen-bond donors (Lipinski definition) is 0. The Morgan fingerprint density at radius 1 is 0.900 bits per heavy atom.